The number of pyridine rings is 1. The second-order valence-electron chi connectivity index (χ2n) is 2.49. The standard InChI is InChI=1S/C7H6BrF3N2O2/c8-3-1-5(14)6(13-4(3)2-12)15-7(9,10)11/h1,14H,2,12H2. The Morgan fingerprint density at radius 3 is 2.60 bits per heavy atom. The van der Waals surface area contributed by atoms with Gasteiger partial charge in [-0.1, -0.05) is 0 Å². The van der Waals surface area contributed by atoms with Crippen LogP contribution in [-0.4, -0.2) is 16.5 Å². The van der Waals surface area contributed by atoms with Crippen molar-refractivity contribution in [1.29, 1.82) is 0 Å². The topological polar surface area (TPSA) is 68.4 Å². The van der Waals surface area contributed by atoms with Gasteiger partial charge in [-0.3, -0.25) is 0 Å². The van der Waals surface area contributed by atoms with Gasteiger partial charge in [0.15, 0.2) is 5.75 Å². The maximum absolute atomic E-state index is 11.8. The number of aromatic hydroxyl groups is 1. The van der Waals surface area contributed by atoms with Crippen molar-refractivity contribution in [2.75, 3.05) is 0 Å². The molecule has 1 aromatic heterocycles. The molecule has 3 N–H and O–H groups in total. The van der Waals surface area contributed by atoms with Crippen molar-refractivity contribution in [2.45, 2.75) is 12.9 Å². The van der Waals surface area contributed by atoms with Crippen molar-refractivity contribution in [1.82, 2.24) is 4.98 Å². The Labute approximate surface area is 91.0 Å². The minimum Gasteiger partial charge on any atom is -0.503 e. The van der Waals surface area contributed by atoms with Crippen LogP contribution in [-0.2, 0) is 6.54 Å². The van der Waals surface area contributed by atoms with Crippen molar-refractivity contribution >= 4 is 15.9 Å². The summed E-state index contributed by atoms with van der Waals surface area (Å²) >= 11 is 2.98. The first kappa shape index (κ1) is 12.1. The van der Waals surface area contributed by atoms with E-state index in [4.69, 9.17) is 10.8 Å². The lowest BCUT2D eigenvalue weighted by Gasteiger charge is -2.11. The largest absolute Gasteiger partial charge is 0.574 e. The number of hydrogen-bond acceptors (Lipinski definition) is 4. The van der Waals surface area contributed by atoms with Crippen LogP contribution in [0.4, 0.5) is 13.2 Å². The Balaban J connectivity index is 3.08. The van der Waals surface area contributed by atoms with Crippen LogP contribution in [0.3, 0.4) is 0 Å². The Kier molecular flexibility index (Phi) is 3.40. The van der Waals surface area contributed by atoms with Gasteiger partial charge >= 0.3 is 6.36 Å². The summed E-state index contributed by atoms with van der Waals surface area (Å²) in [6.07, 6.45) is -4.90. The fraction of sp³-hybridized carbons (Fsp3) is 0.286. The van der Waals surface area contributed by atoms with Crippen molar-refractivity contribution in [2.24, 2.45) is 5.73 Å². The van der Waals surface area contributed by atoms with E-state index in [9.17, 15) is 13.2 Å². The molecular formula is C7H6BrF3N2O2. The Bertz CT molecular complexity index is 370. The number of rotatable bonds is 2. The molecule has 0 aliphatic carbocycles. The Morgan fingerprint density at radius 1 is 1.53 bits per heavy atom. The van der Waals surface area contributed by atoms with Gasteiger partial charge in [-0.05, 0) is 15.9 Å². The summed E-state index contributed by atoms with van der Waals surface area (Å²) < 4.78 is 39.3. The van der Waals surface area contributed by atoms with Gasteiger partial charge in [0.1, 0.15) is 0 Å². The van der Waals surface area contributed by atoms with Gasteiger partial charge in [0.25, 0.3) is 5.88 Å². The molecule has 1 aromatic rings. The van der Waals surface area contributed by atoms with Crippen LogP contribution in [0.15, 0.2) is 10.5 Å². The zero-order chi connectivity index (χ0) is 11.6. The second kappa shape index (κ2) is 4.23. The third-order valence-electron chi connectivity index (χ3n) is 1.40. The lowest BCUT2D eigenvalue weighted by molar-refractivity contribution is -0.276. The molecule has 0 radical (unpaired) electrons. The Hall–Kier alpha value is -1.02. The van der Waals surface area contributed by atoms with Gasteiger partial charge in [0.2, 0.25) is 0 Å². The molecule has 0 fully saturated rings. The molecule has 0 saturated carbocycles. The number of halogens is 4. The van der Waals surface area contributed by atoms with E-state index in [2.05, 4.69) is 25.7 Å². The number of nitrogens with zero attached hydrogens (tertiary/aromatic N) is 1. The third kappa shape index (κ3) is 3.24. The molecule has 0 bridgehead atoms. The number of hydrogen-bond donors (Lipinski definition) is 2. The molecule has 84 valence electrons. The monoisotopic (exact) mass is 286 g/mol. The third-order valence-corrected chi connectivity index (χ3v) is 2.09. The van der Waals surface area contributed by atoms with Crippen molar-refractivity contribution in [3.63, 3.8) is 0 Å². The normalized spacial score (nSPS) is 11.5. The quantitative estimate of drug-likeness (QED) is 0.871. The zero-order valence-electron chi connectivity index (χ0n) is 7.18. The first-order valence-corrected chi connectivity index (χ1v) is 4.47. The van der Waals surface area contributed by atoms with E-state index in [1.54, 1.807) is 0 Å². The fourth-order valence-electron chi connectivity index (χ4n) is 0.826. The van der Waals surface area contributed by atoms with E-state index in [0.29, 0.717) is 4.47 Å². The van der Waals surface area contributed by atoms with Crippen LogP contribution in [0.1, 0.15) is 5.69 Å². The summed E-state index contributed by atoms with van der Waals surface area (Å²) in [5.74, 6) is -1.62. The summed E-state index contributed by atoms with van der Waals surface area (Å²) in [6.45, 7) is -0.0743. The molecule has 0 aromatic carbocycles. The van der Waals surface area contributed by atoms with Gasteiger partial charge in [-0.2, -0.15) is 0 Å². The summed E-state index contributed by atoms with van der Waals surface area (Å²) in [6, 6.07) is 1.04. The molecule has 1 heterocycles. The van der Waals surface area contributed by atoms with Crippen LogP contribution in [0.5, 0.6) is 11.6 Å². The van der Waals surface area contributed by atoms with Gasteiger partial charge < -0.3 is 15.6 Å². The SMILES string of the molecule is NCc1nc(OC(F)(F)F)c(O)cc1Br. The smallest absolute Gasteiger partial charge is 0.503 e. The summed E-state index contributed by atoms with van der Waals surface area (Å²) in [5.41, 5.74) is 5.38. The highest BCUT2D eigenvalue weighted by Crippen LogP contribution is 2.32. The summed E-state index contributed by atoms with van der Waals surface area (Å²) in [5, 5.41) is 9.12. The molecule has 0 aliphatic heterocycles. The predicted molar refractivity (Wildman–Crippen MR) is 48.2 cm³/mol. The molecule has 0 aliphatic rings. The number of nitrogens with two attached hydrogens (primary N) is 1. The number of aromatic nitrogens is 1. The van der Waals surface area contributed by atoms with E-state index in [1.165, 1.54) is 0 Å². The first-order chi connectivity index (χ1) is 6.83. The molecule has 0 spiro atoms. The highest BCUT2D eigenvalue weighted by molar-refractivity contribution is 9.10. The highest BCUT2D eigenvalue weighted by Gasteiger charge is 2.33. The van der Waals surface area contributed by atoms with Crippen LogP contribution in [0.2, 0.25) is 0 Å². The molecule has 0 unspecified atom stereocenters. The fourth-order valence-corrected chi connectivity index (χ4v) is 1.29. The maximum atomic E-state index is 11.8. The van der Waals surface area contributed by atoms with Crippen LogP contribution >= 0.6 is 15.9 Å². The summed E-state index contributed by atoms with van der Waals surface area (Å²) in [7, 11) is 0. The van der Waals surface area contributed by atoms with Gasteiger partial charge in [0, 0.05) is 17.1 Å². The molecular weight excluding hydrogens is 281 g/mol. The molecule has 0 atom stereocenters. The maximum Gasteiger partial charge on any atom is 0.574 e. The van der Waals surface area contributed by atoms with Crippen molar-refractivity contribution in [3.8, 4) is 11.6 Å². The van der Waals surface area contributed by atoms with E-state index >= 15 is 0 Å². The highest BCUT2D eigenvalue weighted by atomic mass is 79.9. The van der Waals surface area contributed by atoms with E-state index in [0.717, 1.165) is 6.07 Å². The first-order valence-electron chi connectivity index (χ1n) is 3.67. The number of alkyl halides is 3. The minimum atomic E-state index is -4.90. The number of ether oxygens (including phenoxy) is 1. The molecule has 0 saturated heterocycles. The van der Waals surface area contributed by atoms with Crippen LogP contribution in [0.25, 0.3) is 0 Å². The van der Waals surface area contributed by atoms with Gasteiger partial charge in [0.05, 0.1) is 5.69 Å². The molecule has 15 heavy (non-hydrogen) atoms. The van der Waals surface area contributed by atoms with Gasteiger partial charge in [-0.15, -0.1) is 13.2 Å². The molecule has 4 nitrogen and oxygen atoms in total. The second-order valence-corrected chi connectivity index (χ2v) is 3.35. The summed E-state index contributed by atoms with van der Waals surface area (Å²) in [4.78, 5) is 3.41. The van der Waals surface area contributed by atoms with Crippen molar-refractivity contribution in [3.05, 3.63) is 16.2 Å². The van der Waals surface area contributed by atoms with E-state index in [1.807, 2.05) is 0 Å². The minimum absolute atomic E-state index is 0.0743. The predicted octanol–water partition coefficient (Wildman–Crippen LogP) is 1.91. The zero-order valence-corrected chi connectivity index (χ0v) is 8.76. The van der Waals surface area contributed by atoms with Gasteiger partial charge in [-0.25, -0.2) is 4.98 Å². The molecule has 8 heteroatoms. The lowest BCUT2D eigenvalue weighted by Crippen LogP contribution is -2.18. The molecule has 1 rings (SSSR count). The Morgan fingerprint density at radius 2 is 2.13 bits per heavy atom. The van der Waals surface area contributed by atoms with Crippen LogP contribution in [0, 0.1) is 0 Å². The molecule has 0 amide bonds. The lowest BCUT2D eigenvalue weighted by atomic mass is 10.3. The van der Waals surface area contributed by atoms with Crippen molar-refractivity contribution < 1.29 is 23.0 Å². The van der Waals surface area contributed by atoms with E-state index < -0.39 is 18.0 Å². The average Bonchev–Trinajstić information content (AvgIpc) is 2.07. The average molecular weight is 287 g/mol. The van der Waals surface area contributed by atoms with E-state index in [-0.39, 0.29) is 12.2 Å². The van der Waals surface area contributed by atoms with Crippen LogP contribution < -0.4 is 10.5 Å².